The molecule has 1 unspecified atom stereocenters. The fourth-order valence-corrected chi connectivity index (χ4v) is 0.861. The molecule has 0 saturated carbocycles. The van der Waals surface area contributed by atoms with E-state index in [1.165, 1.54) is 0 Å². The number of ketones is 1. The van der Waals surface area contributed by atoms with Crippen LogP contribution in [0, 0.1) is 10.3 Å². The van der Waals surface area contributed by atoms with Gasteiger partial charge in [-0.3, -0.25) is 4.79 Å². The van der Waals surface area contributed by atoms with Gasteiger partial charge in [0.05, 0.1) is 0 Å². The van der Waals surface area contributed by atoms with E-state index in [4.69, 9.17) is 5.11 Å². The van der Waals surface area contributed by atoms with Gasteiger partial charge in [-0.05, 0) is 10.6 Å². The zero-order valence-electron chi connectivity index (χ0n) is 7.90. The Morgan fingerprint density at radius 1 is 1.38 bits per heavy atom. The van der Waals surface area contributed by atoms with Gasteiger partial charge in [0.2, 0.25) is 6.04 Å². The van der Waals surface area contributed by atoms with Crippen molar-refractivity contribution in [2.24, 2.45) is 10.6 Å². The molecule has 0 bridgehead atoms. The third-order valence-electron chi connectivity index (χ3n) is 1.35. The Labute approximate surface area is 76.1 Å². The van der Waals surface area contributed by atoms with Gasteiger partial charge in [-0.1, -0.05) is 20.8 Å². The number of carboxylic acid groups (broad SMARTS) is 1. The lowest BCUT2D eigenvalue weighted by Gasteiger charge is -2.17. The van der Waals surface area contributed by atoms with Gasteiger partial charge >= 0.3 is 5.97 Å². The number of nitroso groups, excluding NO2 is 1. The van der Waals surface area contributed by atoms with Gasteiger partial charge in [-0.15, -0.1) is 4.91 Å². The summed E-state index contributed by atoms with van der Waals surface area (Å²) in [5, 5.41) is 10.7. The van der Waals surface area contributed by atoms with E-state index in [2.05, 4.69) is 5.18 Å². The first-order valence-corrected chi connectivity index (χ1v) is 3.86. The van der Waals surface area contributed by atoms with Gasteiger partial charge in [0.15, 0.2) is 5.78 Å². The first-order chi connectivity index (χ1) is 5.78. The van der Waals surface area contributed by atoms with Crippen molar-refractivity contribution in [2.75, 3.05) is 0 Å². The molecule has 13 heavy (non-hydrogen) atoms. The van der Waals surface area contributed by atoms with Crippen LogP contribution in [0.3, 0.4) is 0 Å². The molecule has 0 radical (unpaired) electrons. The lowest BCUT2D eigenvalue weighted by molar-refractivity contribution is -0.142. The predicted molar refractivity (Wildman–Crippen MR) is 46.3 cm³/mol. The van der Waals surface area contributed by atoms with Crippen LogP contribution in [0.4, 0.5) is 0 Å². The zero-order valence-corrected chi connectivity index (χ0v) is 7.90. The summed E-state index contributed by atoms with van der Waals surface area (Å²) in [6, 6.07) is -1.75. The summed E-state index contributed by atoms with van der Waals surface area (Å²) in [5.41, 5.74) is -0.324. The molecule has 0 aromatic carbocycles. The molecule has 0 heterocycles. The number of Topliss-reactive ketones (excluding diaryl/α,β-unsaturated/α-hetero) is 1. The summed E-state index contributed by atoms with van der Waals surface area (Å²) in [7, 11) is 0. The highest BCUT2D eigenvalue weighted by atomic mass is 16.4. The third kappa shape index (κ3) is 4.35. The van der Waals surface area contributed by atoms with Gasteiger partial charge < -0.3 is 5.11 Å². The van der Waals surface area contributed by atoms with Gasteiger partial charge in [0, 0.05) is 6.42 Å². The normalized spacial score (nSPS) is 13.5. The lowest BCUT2D eigenvalue weighted by Crippen LogP contribution is -2.30. The maximum absolute atomic E-state index is 11.2. The monoisotopic (exact) mass is 187 g/mol. The van der Waals surface area contributed by atoms with Crippen molar-refractivity contribution < 1.29 is 14.7 Å². The molecule has 0 aliphatic carbocycles. The summed E-state index contributed by atoms with van der Waals surface area (Å²) >= 11 is 0. The number of carbonyl (C=O) groups excluding carboxylic acids is 1. The van der Waals surface area contributed by atoms with Crippen LogP contribution in [0.5, 0.6) is 0 Å². The van der Waals surface area contributed by atoms with Crippen LogP contribution in [-0.2, 0) is 9.59 Å². The summed E-state index contributed by atoms with van der Waals surface area (Å²) in [6.45, 7) is 5.36. The number of hydrogen-bond donors (Lipinski definition) is 1. The standard InChI is InChI=1S/C8H13NO4/c1-8(2,3)4-5(10)6(9-13)7(11)12/h6H,4H2,1-3H3,(H,11,12). The Kier molecular flexibility index (Phi) is 3.71. The van der Waals surface area contributed by atoms with E-state index in [1.54, 1.807) is 20.8 Å². The van der Waals surface area contributed by atoms with Gasteiger partial charge in [-0.2, -0.15) is 0 Å². The van der Waals surface area contributed by atoms with E-state index in [1.807, 2.05) is 0 Å². The summed E-state index contributed by atoms with van der Waals surface area (Å²) < 4.78 is 0. The molecule has 1 atom stereocenters. The maximum atomic E-state index is 11.2. The third-order valence-corrected chi connectivity index (χ3v) is 1.35. The summed E-state index contributed by atoms with van der Waals surface area (Å²) in [6.07, 6.45) is 0.0374. The fourth-order valence-electron chi connectivity index (χ4n) is 0.861. The molecular formula is C8H13NO4. The number of aliphatic carboxylic acids is 1. The molecule has 0 aliphatic rings. The van der Waals surface area contributed by atoms with E-state index in [0.29, 0.717) is 0 Å². The minimum absolute atomic E-state index is 0.0374. The van der Waals surface area contributed by atoms with Gasteiger partial charge in [0.25, 0.3) is 0 Å². The highest BCUT2D eigenvalue weighted by Gasteiger charge is 2.30. The Bertz CT molecular complexity index is 229. The number of carbonyl (C=O) groups is 2. The summed E-state index contributed by atoms with van der Waals surface area (Å²) in [5.74, 6) is -2.13. The fraction of sp³-hybridized carbons (Fsp3) is 0.750. The summed E-state index contributed by atoms with van der Waals surface area (Å²) in [4.78, 5) is 31.5. The highest BCUT2D eigenvalue weighted by molar-refractivity contribution is 6.02. The van der Waals surface area contributed by atoms with Crippen molar-refractivity contribution in [1.29, 1.82) is 0 Å². The smallest absolute Gasteiger partial charge is 0.339 e. The van der Waals surface area contributed by atoms with Crippen LogP contribution in [0.25, 0.3) is 0 Å². The Morgan fingerprint density at radius 2 is 1.85 bits per heavy atom. The molecule has 0 spiro atoms. The van der Waals surface area contributed by atoms with Crippen LogP contribution in [0.2, 0.25) is 0 Å². The van der Waals surface area contributed by atoms with Gasteiger partial charge in [-0.25, -0.2) is 4.79 Å². The van der Waals surface area contributed by atoms with Crippen molar-refractivity contribution in [3.05, 3.63) is 4.91 Å². The van der Waals surface area contributed by atoms with Crippen LogP contribution < -0.4 is 0 Å². The lowest BCUT2D eigenvalue weighted by atomic mass is 9.88. The van der Waals surface area contributed by atoms with Crippen LogP contribution in [-0.4, -0.2) is 22.9 Å². The van der Waals surface area contributed by atoms with Crippen molar-refractivity contribution in [3.8, 4) is 0 Å². The molecule has 1 N–H and O–H groups in total. The molecule has 0 aromatic heterocycles. The second-order valence-corrected chi connectivity index (χ2v) is 4.05. The van der Waals surface area contributed by atoms with E-state index in [0.717, 1.165) is 0 Å². The molecular weight excluding hydrogens is 174 g/mol. The van der Waals surface area contributed by atoms with Crippen molar-refractivity contribution in [2.45, 2.75) is 33.2 Å². The van der Waals surface area contributed by atoms with E-state index >= 15 is 0 Å². The van der Waals surface area contributed by atoms with E-state index < -0.39 is 17.8 Å². The first kappa shape index (κ1) is 11.7. The Morgan fingerprint density at radius 3 is 2.08 bits per heavy atom. The van der Waals surface area contributed by atoms with Gasteiger partial charge in [0.1, 0.15) is 0 Å². The SMILES string of the molecule is CC(C)(C)CC(=O)C(N=O)C(=O)O. The number of hydrogen-bond acceptors (Lipinski definition) is 4. The average Bonchev–Trinajstić information content (AvgIpc) is 1.82. The van der Waals surface area contributed by atoms with Crippen LogP contribution in [0.15, 0.2) is 5.18 Å². The molecule has 74 valence electrons. The Hall–Kier alpha value is -1.26. The quantitative estimate of drug-likeness (QED) is 0.529. The maximum Gasteiger partial charge on any atom is 0.339 e. The minimum atomic E-state index is -1.75. The molecule has 5 nitrogen and oxygen atoms in total. The minimum Gasteiger partial charge on any atom is -0.479 e. The molecule has 0 rings (SSSR count). The first-order valence-electron chi connectivity index (χ1n) is 3.86. The second kappa shape index (κ2) is 4.11. The average molecular weight is 187 g/mol. The van der Waals surface area contributed by atoms with Crippen molar-refractivity contribution >= 4 is 11.8 Å². The van der Waals surface area contributed by atoms with Crippen LogP contribution >= 0.6 is 0 Å². The molecule has 0 saturated heterocycles. The Balaban J connectivity index is 4.41. The topological polar surface area (TPSA) is 83.8 Å². The van der Waals surface area contributed by atoms with E-state index in [-0.39, 0.29) is 11.8 Å². The van der Waals surface area contributed by atoms with E-state index in [9.17, 15) is 14.5 Å². The number of nitrogens with zero attached hydrogens (tertiary/aromatic N) is 1. The molecule has 5 heteroatoms. The highest BCUT2D eigenvalue weighted by Crippen LogP contribution is 2.20. The molecule has 0 aromatic rings. The largest absolute Gasteiger partial charge is 0.479 e. The molecule has 0 aliphatic heterocycles. The second-order valence-electron chi connectivity index (χ2n) is 4.05. The molecule has 0 fully saturated rings. The number of carboxylic acids is 1. The van der Waals surface area contributed by atoms with Crippen molar-refractivity contribution in [1.82, 2.24) is 0 Å². The van der Waals surface area contributed by atoms with Crippen LogP contribution in [0.1, 0.15) is 27.2 Å². The molecule has 0 amide bonds. The van der Waals surface area contributed by atoms with Crippen molar-refractivity contribution in [3.63, 3.8) is 0 Å². The predicted octanol–water partition coefficient (Wildman–Crippen LogP) is 1.21. The number of rotatable bonds is 4. The zero-order chi connectivity index (χ0) is 10.6.